The summed E-state index contributed by atoms with van der Waals surface area (Å²) >= 11 is 0. The van der Waals surface area contributed by atoms with Gasteiger partial charge in [0.05, 0.1) is 5.56 Å². The molecule has 0 saturated heterocycles. The van der Waals surface area contributed by atoms with E-state index < -0.39 is 18.2 Å². The molecular weight excluding hydrogens is 384 g/mol. The first-order chi connectivity index (χ1) is 14.5. The number of unbranched alkanes of at least 4 members (excludes halogenated alkanes) is 2. The lowest BCUT2D eigenvalue weighted by Crippen LogP contribution is -2.30. The first-order valence-corrected chi connectivity index (χ1v) is 10.1. The van der Waals surface area contributed by atoms with Gasteiger partial charge < -0.3 is 19.7 Å². The normalized spacial score (nSPS) is 19.5. The molecule has 1 aliphatic rings. The maximum Gasteiger partial charge on any atom is 0.342 e. The number of benzene rings is 2. The number of aldehydes is 1. The van der Waals surface area contributed by atoms with Gasteiger partial charge in [0, 0.05) is 5.56 Å². The minimum atomic E-state index is -1.08. The molecule has 0 radical (unpaired) electrons. The van der Waals surface area contributed by atoms with Crippen molar-refractivity contribution in [3.8, 4) is 17.2 Å². The largest absolute Gasteiger partial charge is 0.507 e. The van der Waals surface area contributed by atoms with Crippen LogP contribution in [0.5, 0.6) is 17.2 Å². The molecule has 1 aliphatic heterocycles. The smallest absolute Gasteiger partial charge is 0.342 e. The zero-order valence-corrected chi connectivity index (χ0v) is 17.1. The molecule has 0 fully saturated rings. The van der Waals surface area contributed by atoms with Crippen molar-refractivity contribution >= 4 is 18.3 Å². The van der Waals surface area contributed by atoms with Crippen molar-refractivity contribution in [2.45, 2.75) is 51.7 Å². The number of carbonyl (C=O) groups is 2. The highest BCUT2D eigenvalue weighted by Crippen LogP contribution is 2.36. The lowest BCUT2D eigenvalue weighted by Gasteiger charge is -2.22. The Balaban J connectivity index is 2.15. The third kappa shape index (κ3) is 4.54. The highest BCUT2D eigenvalue weighted by molar-refractivity contribution is 5.95. The van der Waals surface area contributed by atoms with E-state index in [4.69, 9.17) is 9.47 Å². The van der Waals surface area contributed by atoms with Crippen molar-refractivity contribution in [2.75, 3.05) is 0 Å². The van der Waals surface area contributed by atoms with Crippen molar-refractivity contribution < 1.29 is 29.3 Å². The van der Waals surface area contributed by atoms with Crippen LogP contribution in [0.1, 0.15) is 64.4 Å². The van der Waals surface area contributed by atoms with Crippen molar-refractivity contribution in [2.24, 2.45) is 0 Å². The van der Waals surface area contributed by atoms with Gasteiger partial charge in [-0.2, -0.15) is 0 Å². The fourth-order valence-electron chi connectivity index (χ4n) is 3.51. The van der Waals surface area contributed by atoms with Gasteiger partial charge in [-0.1, -0.05) is 44.1 Å². The molecule has 0 aromatic heterocycles. The number of carbonyl (C=O) groups excluding carboxylic acids is 2. The van der Waals surface area contributed by atoms with Gasteiger partial charge in [0.15, 0.2) is 6.29 Å². The molecule has 30 heavy (non-hydrogen) atoms. The number of aromatic hydroxyl groups is 1. The van der Waals surface area contributed by atoms with E-state index in [2.05, 4.69) is 6.92 Å². The molecule has 0 unspecified atom stereocenters. The SMILES string of the molecule is CCCCC[C@@H]1OC(=O)c2c(C)cccc2Oc2ccc(O)c(C=O)c2/C=C\[C@H]1O. The number of aliphatic hydroxyl groups excluding tert-OH is 1. The van der Waals surface area contributed by atoms with E-state index in [0.29, 0.717) is 23.8 Å². The summed E-state index contributed by atoms with van der Waals surface area (Å²) in [5.74, 6) is -0.212. The predicted octanol–water partition coefficient (Wildman–Crippen LogP) is 4.80. The van der Waals surface area contributed by atoms with E-state index in [-0.39, 0.29) is 28.4 Å². The molecule has 0 spiro atoms. The molecule has 0 aliphatic carbocycles. The fraction of sp³-hybridized carbons (Fsp3) is 0.333. The number of fused-ring (bicyclic) bond motifs is 2. The molecule has 0 amide bonds. The number of phenols is 1. The molecule has 0 bridgehead atoms. The Morgan fingerprint density at radius 1 is 1.13 bits per heavy atom. The summed E-state index contributed by atoms with van der Waals surface area (Å²) < 4.78 is 11.7. The van der Waals surface area contributed by atoms with Gasteiger partial charge in [0.1, 0.15) is 35.0 Å². The van der Waals surface area contributed by atoms with Crippen molar-refractivity contribution in [3.63, 3.8) is 0 Å². The van der Waals surface area contributed by atoms with Gasteiger partial charge >= 0.3 is 5.97 Å². The maximum absolute atomic E-state index is 13.0. The minimum absolute atomic E-state index is 0.0409. The molecule has 2 aromatic rings. The zero-order chi connectivity index (χ0) is 21.7. The molecular formula is C24H26O6. The van der Waals surface area contributed by atoms with Gasteiger partial charge in [-0.3, -0.25) is 4.79 Å². The Bertz CT molecular complexity index is 962. The lowest BCUT2D eigenvalue weighted by atomic mass is 10.0. The van der Waals surface area contributed by atoms with Crippen molar-refractivity contribution in [1.82, 2.24) is 0 Å². The number of rotatable bonds is 5. The molecule has 2 atom stereocenters. The average Bonchev–Trinajstić information content (AvgIpc) is 2.74. The summed E-state index contributed by atoms with van der Waals surface area (Å²) in [7, 11) is 0. The van der Waals surface area contributed by atoms with Crippen LogP contribution >= 0.6 is 0 Å². The summed E-state index contributed by atoms with van der Waals surface area (Å²) in [4.78, 5) is 24.6. The Morgan fingerprint density at radius 2 is 1.93 bits per heavy atom. The van der Waals surface area contributed by atoms with Crippen LogP contribution in [0.3, 0.4) is 0 Å². The number of hydrogen-bond donors (Lipinski definition) is 2. The number of esters is 1. The molecule has 0 saturated carbocycles. The van der Waals surface area contributed by atoms with Crippen LogP contribution in [0.15, 0.2) is 36.4 Å². The Kier molecular flexibility index (Phi) is 6.90. The number of phenolic OH excluding ortho intramolecular Hbond substituents is 1. The second kappa shape index (κ2) is 9.59. The molecule has 6 nitrogen and oxygen atoms in total. The topological polar surface area (TPSA) is 93.1 Å². The van der Waals surface area contributed by atoms with Crippen LogP contribution in [-0.4, -0.2) is 34.7 Å². The van der Waals surface area contributed by atoms with Crippen LogP contribution in [0.2, 0.25) is 0 Å². The van der Waals surface area contributed by atoms with E-state index in [9.17, 15) is 19.8 Å². The Labute approximate surface area is 175 Å². The van der Waals surface area contributed by atoms with E-state index in [1.807, 2.05) is 0 Å². The standard InChI is InChI=1S/C24H26O6/c1-3-4-5-8-21-19(27)11-10-16-17(14-25)18(26)12-13-20(16)29-22-9-6-7-15(2)23(22)24(28)30-21/h6-7,9-14,19,21,26-27H,3-5,8H2,1-2H3/b11-10-/t19-,21+/m1/s1. The first-order valence-electron chi connectivity index (χ1n) is 10.1. The molecule has 2 N–H and O–H groups in total. The monoisotopic (exact) mass is 410 g/mol. The van der Waals surface area contributed by atoms with Crippen molar-refractivity contribution in [1.29, 1.82) is 0 Å². The number of aryl methyl sites for hydroxylation is 1. The minimum Gasteiger partial charge on any atom is -0.507 e. The Hall–Kier alpha value is -3.12. The number of cyclic esters (lactones) is 1. The first kappa shape index (κ1) is 21.6. The predicted molar refractivity (Wildman–Crippen MR) is 113 cm³/mol. The molecule has 1 heterocycles. The zero-order valence-electron chi connectivity index (χ0n) is 17.1. The quantitative estimate of drug-likeness (QED) is 0.418. The van der Waals surface area contributed by atoms with E-state index in [1.54, 1.807) is 25.1 Å². The fourth-order valence-corrected chi connectivity index (χ4v) is 3.51. The van der Waals surface area contributed by atoms with Crippen LogP contribution < -0.4 is 4.74 Å². The van der Waals surface area contributed by atoms with Gasteiger partial charge in [0.25, 0.3) is 0 Å². The van der Waals surface area contributed by atoms with Crippen LogP contribution in [0.25, 0.3) is 6.08 Å². The second-order valence-corrected chi connectivity index (χ2v) is 7.37. The highest BCUT2D eigenvalue weighted by Gasteiger charge is 2.27. The number of ether oxygens (including phenoxy) is 2. The van der Waals surface area contributed by atoms with Gasteiger partial charge in [-0.15, -0.1) is 0 Å². The van der Waals surface area contributed by atoms with Crippen LogP contribution in [0.4, 0.5) is 0 Å². The number of hydrogen-bond acceptors (Lipinski definition) is 6. The molecule has 6 heteroatoms. The number of aliphatic hydroxyl groups is 1. The van der Waals surface area contributed by atoms with Crippen molar-refractivity contribution in [3.05, 3.63) is 58.7 Å². The highest BCUT2D eigenvalue weighted by atomic mass is 16.6. The van der Waals surface area contributed by atoms with E-state index in [1.165, 1.54) is 24.3 Å². The van der Waals surface area contributed by atoms with E-state index in [0.717, 1.165) is 19.3 Å². The summed E-state index contributed by atoms with van der Waals surface area (Å²) in [5, 5.41) is 20.8. The third-order valence-corrected chi connectivity index (χ3v) is 5.19. The average molecular weight is 410 g/mol. The van der Waals surface area contributed by atoms with Gasteiger partial charge in [-0.25, -0.2) is 4.79 Å². The van der Waals surface area contributed by atoms with Crippen LogP contribution in [0, 0.1) is 6.92 Å². The molecule has 3 rings (SSSR count). The maximum atomic E-state index is 13.0. The summed E-state index contributed by atoms with van der Waals surface area (Å²) in [6.07, 6.45) is 4.94. The molecule has 158 valence electrons. The lowest BCUT2D eigenvalue weighted by molar-refractivity contribution is -0.00759. The summed E-state index contributed by atoms with van der Waals surface area (Å²) in [6, 6.07) is 8.05. The molecule has 2 aromatic carbocycles. The second-order valence-electron chi connectivity index (χ2n) is 7.37. The van der Waals surface area contributed by atoms with Crippen LogP contribution in [-0.2, 0) is 4.74 Å². The Morgan fingerprint density at radius 3 is 2.67 bits per heavy atom. The van der Waals surface area contributed by atoms with Gasteiger partial charge in [0.2, 0.25) is 0 Å². The summed E-state index contributed by atoms with van der Waals surface area (Å²) in [6.45, 7) is 3.85. The third-order valence-electron chi connectivity index (χ3n) is 5.19. The van der Waals surface area contributed by atoms with E-state index >= 15 is 0 Å². The summed E-state index contributed by atoms with van der Waals surface area (Å²) in [5.41, 5.74) is 1.29. The van der Waals surface area contributed by atoms with Gasteiger partial charge in [-0.05, 0) is 43.5 Å².